The van der Waals surface area contributed by atoms with Crippen LogP contribution in [0.3, 0.4) is 0 Å². The first kappa shape index (κ1) is 15.9. The summed E-state index contributed by atoms with van der Waals surface area (Å²) < 4.78 is 7.58. The summed E-state index contributed by atoms with van der Waals surface area (Å²) >= 11 is 5.96. The van der Waals surface area contributed by atoms with Gasteiger partial charge in [-0.05, 0) is 37.6 Å². The first-order chi connectivity index (χ1) is 10.2. The monoisotopic (exact) mass is 307 g/mol. The van der Waals surface area contributed by atoms with Crippen LogP contribution in [0.5, 0.6) is 5.75 Å². The normalized spacial score (nSPS) is 10.8. The molecule has 1 heterocycles. The summed E-state index contributed by atoms with van der Waals surface area (Å²) in [6, 6.07) is 8.19. The number of hydrogen-bond donors (Lipinski definition) is 1. The van der Waals surface area contributed by atoms with Crippen LogP contribution in [-0.4, -0.2) is 22.9 Å². The largest absolute Gasteiger partial charge is 0.492 e. The van der Waals surface area contributed by atoms with E-state index in [0.29, 0.717) is 18.2 Å². The molecule has 0 fully saturated rings. The number of nitrogens with zero attached hydrogens (tertiary/aromatic N) is 2. The summed E-state index contributed by atoms with van der Waals surface area (Å²) in [5, 5.41) is 8.27. The van der Waals surface area contributed by atoms with Crippen molar-refractivity contribution in [3.8, 4) is 5.75 Å². The van der Waals surface area contributed by atoms with Crippen LogP contribution in [0.15, 0.2) is 30.5 Å². The van der Waals surface area contributed by atoms with Gasteiger partial charge in [-0.15, -0.1) is 0 Å². The van der Waals surface area contributed by atoms with Gasteiger partial charge < -0.3 is 10.1 Å². The van der Waals surface area contributed by atoms with E-state index >= 15 is 0 Å². The van der Waals surface area contributed by atoms with Gasteiger partial charge in [-0.1, -0.05) is 30.7 Å². The first-order valence-electron chi connectivity index (χ1n) is 7.31. The van der Waals surface area contributed by atoms with Crippen LogP contribution < -0.4 is 10.1 Å². The van der Waals surface area contributed by atoms with E-state index in [1.807, 2.05) is 23.7 Å². The maximum absolute atomic E-state index is 5.96. The second-order valence-electron chi connectivity index (χ2n) is 4.97. The fourth-order valence-corrected chi connectivity index (χ4v) is 2.15. The molecule has 2 rings (SSSR count). The van der Waals surface area contributed by atoms with Crippen molar-refractivity contribution in [1.82, 2.24) is 15.1 Å². The number of halogens is 1. The Morgan fingerprint density at radius 3 is 2.67 bits per heavy atom. The molecule has 0 amide bonds. The lowest BCUT2D eigenvalue weighted by Crippen LogP contribution is -2.13. The van der Waals surface area contributed by atoms with Gasteiger partial charge in [0.25, 0.3) is 0 Å². The molecule has 0 atom stereocenters. The molecule has 21 heavy (non-hydrogen) atoms. The Morgan fingerprint density at radius 1 is 1.29 bits per heavy atom. The smallest absolute Gasteiger partial charge is 0.119 e. The Hall–Kier alpha value is -1.52. The summed E-state index contributed by atoms with van der Waals surface area (Å²) in [6.45, 7) is 7.33. The molecule has 0 bridgehead atoms. The maximum Gasteiger partial charge on any atom is 0.119 e. The van der Waals surface area contributed by atoms with E-state index in [4.69, 9.17) is 16.3 Å². The van der Waals surface area contributed by atoms with Crippen LogP contribution in [0.4, 0.5) is 0 Å². The quantitative estimate of drug-likeness (QED) is 0.760. The highest BCUT2D eigenvalue weighted by Gasteiger charge is 2.03. The topological polar surface area (TPSA) is 39.1 Å². The third-order valence-electron chi connectivity index (χ3n) is 3.29. The Kier molecular flexibility index (Phi) is 6.08. The first-order valence-corrected chi connectivity index (χ1v) is 7.69. The van der Waals surface area contributed by atoms with Crippen LogP contribution in [0.25, 0.3) is 0 Å². The zero-order chi connectivity index (χ0) is 15.1. The molecule has 0 unspecified atom stereocenters. The zero-order valence-electron chi connectivity index (χ0n) is 12.6. The molecular formula is C16H22ClN3O. The second-order valence-corrected chi connectivity index (χ2v) is 5.38. The van der Waals surface area contributed by atoms with Gasteiger partial charge in [0.15, 0.2) is 0 Å². The van der Waals surface area contributed by atoms with E-state index in [0.717, 1.165) is 31.0 Å². The number of benzene rings is 1. The molecule has 4 nitrogen and oxygen atoms in total. The Bertz CT molecular complexity index is 551. The lowest BCUT2D eigenvalue weighted by molar-refractivity contribution is 0.290. The van der Waals surface area contributed by atoms with Gasteiger partial charge in [-0.2, -0.15) is 5.10 Å². The molecule has 0 radical (unpaired) electrons. The van der Waals surface area contributed by atoms with E-state index in [1.165, 1.54) is 5.56 Å². The molecule has 1 N–H and O–H groups in total. The van der Waals surface area contributed by atoms with E-state index in [1.54, 1.807) is 6.20 Å². The van der Waals surface area contributed by atoms with Gasteiger partial charge in [0, 0.05) is 6.54 Å². The number of rotatable bonds is 8. The van der Waals surface area contributed by atoms with Crippen molar-refractivity contribution in [3.63, 3.8) is 0 Å². The SMILES string of the molecule is CCCNCc1ccc(OCCn2ncc(Cl)c2C)cc1. The molecule has 0 spiro atoms. The molecule has 5 heteroatoms. The fourth-order valence-electron chi connectivity index (χ4n) is 2.01. The molecule has 114 valence electrons. The molecular weight excluding hydrogens is 286 g/mol. The van der Waals surface area contributed by atoms with Gasteiger partial charge in [0.1, 0.15) is 12.4 Å². The highest BCUT2D eigenvalue weighted by molar-refractivity contribution is 6.31. The Labute approximate surface area is 131 Å². The van der Waals surface area contributed by atoms with Crippen molar-refractivity contribution in [2.24, 2.45) is 0 Å². The number of ether oxygens (including phenoxy) is 1. The molecule has 2 aromatic rings. The van der Waals surface area contributed by atoms with Crippen LogP contribution >= 0.6 is 11.6 Å². The third-order valence-corrected chi connectivity index (χ3v) is 3.67. The van der Waals surface area contributed by atoms with Crippen LogP contribution in [0.2, 0.25) is 5.02 Å². The summed E-state index contributed by atoms with van der Waals surface area (Å²) in [4.78, 5) is 0. The van der Waals surface area contributed by atoms with Crippen LogP contribution in [0.1, 0.15) is 24.6 Å². The molecule has 0 aliphatic heterocycles. The standard InChI is InChI=1S/C16H22ClN3O/c1-3-8-18-11-14-4-6-15(7-5-14)21-10-9-20-13(2)16(17)12-19-20/h4-7,12,18H,3,8-11H2,1-2H3. The van der Waals surface area contributed by atoms with Crippen LogP contribution in [-0.2, 0) is 13.1 Å². The van der Waals surface area contributed by atoms with E-state index in [9.17, 15) is 0 Å². The van der Waals surface area contributed by atoms with E-state index in [2.05, 4.69) is 29.5 Å². The third kappa shape index (κ3) is 4.76. The summed E-state index contributed by atoms with van der Waals surface area (Å²) in [7, 11) is 0. The highest BCUT2D eigenvalue weighted by Crippen LogP contribution is 2.14. The second kappa shape index (κ2) is 8.05. The predicted molar refractivity (Wildman–Crippen MR) is 85.9 cm³/mol. The summed E-state index contributed by atoms with van der Waals surface area (Å²) in [5.74, 6) is 0.880. The lowest BCUT2D eigenvalue weighted by Gasteiger charge is -2.09. The molecule has 0 saturated carbocycles. The van der Waals surface area contributed by atoms with Gasteiger partial charge in [-0.3, -0.25) is 4.68 Å². The average molecular weight is 308 g/mol. The summed E-state index contributed by atoms with van der Waals surface area (Å²) in [6.07, 6.45) is 2.81. The minimum atomic E-state index is 0.576. The van der Waals surface area contributed by atoms with Gasteiger partial charge in [0.2, 0.25) is 0 Å². The number of hydrogen-bond acceptors (Lipinski definition) is 3. The number of nitrogens with one attached hydrogen (secondary N) is 1. The van der Waals surface area contributed by atoms with E-state index < -0.39 is 0 Å². The Morgan fingerprint density at radius 2 is 2.05 bits per heavy atom. The minimum Gasteiger partial charge on any atom is -0.492 e. The van der Waals surface area contributed by atoms with E-state index in [-0.39, 0.29) is 0 Å². The molecule has 0 saturated heterocycles. The van der Waals surface area contributed by atoms with Crippen molar-refractivity contribution >= 4 is 11.6 Å². The molecule has 1 aromatic carbocycles. The molecule has 0 aliphatic carbocycles. The van der Waals surface area contributed by atoms with Crippen molar-refractivity contribution in [1.29, 1.82) is 0 Å². The van der Waals surface area contributed by atoms with Crippen LogP contribution in [0, 0.1) is 6.92 Å². The molecule has 0 aliphatic rings. The zero-order valence-corrected chi connectivity index (χ0v) is 13.4. The maximum atomic E-state index is 5.96. The van der Waals surface area contributed by atoms with Gasteiger partial charge >= 0.3 is 0 Å². The van der Waals surface area contributed by atoms with Gasteiger partial charge in [-0.25, -0.2) is 0 Å². The number of aromatic nitrogens is 2. The fraction of sp³-hybridized carbons (Fsp3) is 0.438. The lowest BCUT2D eigenvalue weighted by atomic mass is 10.2. The summed E-state index contributed by atoms with van der Waals surface area (Å²) in [5.41, 5.74) is 2.24. The van der Waals surface area contributed by atoms with Crippen molar-refractivity contribution < 1.29 is 4.74 Å². The van der Waals surface area contributed by atoms with Crippen molar-refractivity contribution in [2.45, 2.75) is 33.4 Å². The van der Waals surface area contributed by atoms with Gasteiger partial charge in [0.05, 0.1) is 23.5 Å². The highest BCUT2D eigenvalue weighted by atomic mass is 35.5. The average Bonchev–Trinajstić information content (AvgIpc) is 2.81. The molecule has 1 aromatic heterocycles. The minimum absolute atomic E-state index is 0.576. The van der Waals surface area contributed by atoms with Crippen molar-refractivity contribution in [2.75, 3.05) is 13.2 Å². The van der Waals surface area contributed by atoms with Crippen molar-refractivity contribution in [3.05, 3.63) is 46.7 Å². The Balaban J connectivity index is 1.77. The predicted octanol–water partition coefficient (Wildman–Crippen LogP) is 3.42.